The lowest BCUT2D eigenvalue weighted by atomic mass is 10.1. The highest BCUT2D eigenvalue weighted by Crippen LogP contribution is 2.26. The SMILES string of the molecule is CNc1ccc(N2C(=O)CC(C)C2=O)cc1. The standard InChI is InChI=1S/C12H14N2O2/c1-8-7-11(15)14(12(8)16)10-5-3-9(13-2)4-6-10/h3-6,8,13H,7H2,1-2H3. The van der Waals surface area contributed by atoms with Gasteiger partial charge in [-0.3, -0.25) is 14.5 Å². The largest absolute Gasteiger partial charge is 0.388 e. The Kier molecular flexibility index (Phi) is 2.64. The normalized spacial score (nSPS) is 20.4. The van der Waals surface area contributed by atoms with Gasteiger partial charge in [0.05, 0.1) is 5.69 Å². The summed E-state index contributed by atoms with van der Waals surface area (Å²) in [5.74, 6) is -0.423. The summed E-state index contributed by atoms with van der Waals surface area (Å²) in [5.41, 5.74) is 1.61. The zero-order valence-corrected chi connectivity index (χ0v) is 9.36. The first kappa shape index (κ1) is 10.7. The molecule has 2 rings (SSSR count). The molecule has 1 aliphatic rings. The lowest BCUT2D eigenvalue weighted by Gasteiger charge is -2.14. The molecular weight excluding hydrogens is 204 g/mol. The van der Waals surface area contributed by atoms with Gasteiger partial charge in [0, 0.05) is 25.1 Å². The fourth-order valence-corrected chi connectivity index (χ4v) is 1.83. The highest BCUT2D eigenvalue weighted by molar-refractivity contribution is 6.20. The van der Waals surface area contributed by atoms with Crippen molar-refractivity contribution in [3.63, 3.8) is 0 Å². The molecule has 1 N–H and O–H groups in total. The minimum absolute atomic E-state index is 0.109. The number of carbonyl (C=O) groups excluding carboxylic acids is 2. The predicted octanol–water partition coefficient (Wildman–Crippen LogP) is 1.63. The summed E-state index contributed by atoms with van der Waals surface area (Å²) in [6.45, 7) is 1.78. The van der Waals surface area contributed by atoms with E-state index >= 15 is 0 Å². The van der Waals surface area contributed by atoms with Gasteiger partial charge in [-0.15, -0.1) is 0 Å². The molecule has 0 radical (unpaired) electrons. The Morgan fingerprint density at radius 1 is 1.25 bits per heavy atom. The van der Waals surface area contributed by atoms with Crippen LogP contribution in [0.4, 0.5) is 11.4 Å². The smallest absolute Gasteiger partial charge is 0.237 e. The summed E-state index contributed by atoms with van der Waals surface area (Å²) in [5, 5.41) is 2.99. The van der Waals surface area contributed by atoms with Gasteiger partial charge in [0.2, 0.25) is 11.8 Å². The highest BCUT2D eigenvalue weighted by atomic mass is 16.2. The van der Waals surface area contributed by atoms with E-state index in [1.165, 1.54) is 4.90 Å². The number of hydrogen-bond acceptors (Lipinski definition) is 3. The van der Waals surface area contributed by atoms with Crippen LogP contribution in [-0.2, 0) is 9.59 Å². The first-order valence-electron chi connectivity index (χ1n) is 5.28. The van der Waals surface area contributed by atoms with E-state index in [4.69, 9.17) is 0 Å². The first-order chi connectivity index (χ1) is 7.63. The van der Waals surface area contributed by atoms with Gasteiger partial charge in [-0.25, -0.2) is 0 Å². The van der Waals surface area contributed by atoms with Crippen LogP contribution >= 0.6 is 0 Å². The molecule has 0 bridgehead atoms. The van der Waals surface area contributed by atoms with E-state index in [0.717, 1.165) is 5.69 Å². The molecule has 0 aliphatic carbocycles. The van der Waals surface area contributed by atoms with Gasteiger partial charge < -0.3 is 5.32 Å². The van der Waals surface area contributed by atoms with Crippen molar-refractivity contribution < 1.29 is 9.59 Å². The Morgan fingerprint density at radius 2 is 1.88 bits per heavy atom. The van der Waals surface area contributed by atoms with Crippen LogP contribution in [0.1, 0.15) is 13.3 Å². The second kappa shape index (κ2) is 3.96. The first-order valence-corrected chi connectivity index (χ1v) is 5.28. The molecule has 1 aromatic carbocycles. The van der Waals surface area contributed by atoms with E-state index in [-0.39, 0.29) is 17.7 Å². The number of carbonyl (C=O) groups is 2. The molecule has 0 aromatic heterocycles. The lowest BCUT2D eigenvalue weighted by Crippen LogP contribution is -2.29. The second-order valence-corrected chi connectivity index (χ2v) is 3.97. The van der Waals surface area contributed by atoms with Gasteiger partial charge in [-0.05, 0) is 24.3 Å². The van der Waals surface area contributed by atoms with Crippen LogP contribution in [0.3, 0.4) is 0 Å². The fourth-order valence-electron chi connectivity index (χ4n) is 1.83. The summed E-state index contributed by atoms with van der Waals surface area (Å²) in [6, 6.07) is 7.25. The quantitative estimate of drug-likeness (QED) is 0.767. The molecule has 1 unspecified atom stereocenters. The number of imide groups is 1. The third kappa shape index (κ3) is 1.66. The minimum Gasteiger partial charge on any atom is -0.388 e. The second-order valence-electron chi connectivity index (χ2n) is 3.97. The maximum Gasteiger partial charge on any atom is 0.237 e. The van der Waals surface area contributed by atoms with Gasteiger partial charge in [-0.2, -0.15) is 0 Å². The van der Waals surface area contributed by atoms with Crippen molar-refractivity contribution in [3.8, 4) is 0 Å². The van der Waals surface area contributed by atoms with Gasteiger partial charge in [0.15, 0.2) is 0 Å². The molecule has 1 heterocycles. The number of hydrogen-bond donors (Lipinski definition) is 1. The molecule has 84 valence electrons. The van der Waals surface area contributed by atoms with Gasteiger partial charge in [-0.1, -0.05) is 6.92 Å². The van der Waals surface area contributed by atoms with Gasteiger partial charge >= 0.3 is 0 Å². The van der Waals surface area contributed by atoms with E-state index in [1.807, 2.05) is 19.2 Å². The van der Waals surface area contributed by atoms with E-state index < -0.39 is 0 Å². The summed E-state index contributed by atoms with van der Waals surface area (Å²) in [6.07, 6.45) is 0.312. The Hall–Kier alpha value is -1.84. The number of anilines is 2. The number of nitrogens with zero attached hydrogens (tertiary/aromatic N) is 1. The Bertz CT molecular complexity index is 425. The van der Waals surface area contributed by atoms with Gasteiger partial charge in [0.25, 0.3) is 0 Å². The van der Waals surface area contributed by atoms with E-state index in [1.54, 1.807) is 19.1 Å². The summed E-state index contributed by atoms with van der Waals surface area (Å²) < 4.78 is 0. The number of amides is 2. The maximum atomic E-state index is 11.8. The topological polar surface area (TPSA) is 49.4 Å². The Labute approximate surface area is 94.2 Å². The molecule has 1 aliphatic heterocycles. The Balaban J connectivity index is 2.30. The van der Waals surface area contributed by atoms with Crippen molar-refractivity contribution in [2.45, 2.75) is 13.3 Å². The van der Waals surface area contributed by atoms with Crippen LogP contribution in [0.5, 0.6) is 0 Å². The third-order valence-corrected chi connectivity index (χ3v) is 2.79. The van der Waals surface area contributed by atoms with Crippen LogP contribution in [0.2, 0.25) is 0 Å². The monoisotopic (exact) mass is 218 g/mol. The number of benzene rings is 1. The maximum absolute atomic E-state index is 11.8. The number of rotatable bonds is 2. The van der Waals surface area contributed by atoms with Crippen molar-refractivity contribution in [2.75, 3.05) is 17.3 Å². The van der Waals surface area contributed by atoms with E-state index in [2.05, 4.69) is 5.32 Å². The average molecular weight is 218 g/mol. The summed E-state index contributed by atoms with van der Waals surface area (Å²) in [7, 11) is 1.82. The van der Waals surface area contributed by atoms with Crippen LogP contribution in [0, 0.1) is 5.92 Å². The molecule has 4 nitrogen and oxygen atoms in total. The number of nitrogens with one attached hydrogen (secondary N) is 1. The van der Waals surface area contributed by atoms with E-state index in [9.17, 15) is 9.59 Å². The predicted molar refractivity (Wildman–Crippen MR) is 62.3 cm³/mol. The van der Waals surface area contributed by atoms with Crippen LogP contribution in [0.25, 0.3) is 0 Å². The van der Waals surface area contributed by atoms with Crippen molar-refractivity contribution in [1.82, 2.24) is 0 Å². The average Bonchev–Trinajstić information content (AvgIpc) is 2.54. The molecular formula is C12H14N2O2. The fraction of sp³-hybridized carbons (Fsp3) is 0.333. The van der Waals surface area contributed by atoms with Crippen molar-refractivity contribution in [3.05, 3.63) is 24.3 Å². The van der Waals surface area contributed by atoms with Crippen molar-refractivity contribution in [1.29, 1.82) is 0 Å². The molecule has 1 saturated heterocycles. The van der Waals surface area contributed by atoms with Crippen LogP contribution < -0.4 is 10.2 Å². The zero-order chi connectivity index (χ0) is 11.7. The van der Waals surface area contributed by atoms with Crippen molar-refractivity contribution in [2.24, 2.45) is 5.92 Å². The molecule has 0 spiro atoms. The Morgan fingerprint density at radius 3 is 2.31 bits per heavy atom. The molecule has 4 heteroatoms. The third-order valence-electron chi connectivity index (χ3n) is 2.79. The summed E-state index contributed by atoms with van der Waals surface area (Å²) >= 11 is 0. The molecule has 0 saturated carbocycles. The molecule has 1 aromatic rings. The highest BCUT2D eigenvalue weighted by Gasteiger charge is 2.36. The molecule has 2 amide bonds. The molecule has 1 atom stereocenters. The zero-order valence-electron chi connectivity index (χ0n) is 9.36. The molecule has 16 heavy (non-hydrogen) atoms. The van der Waals surface area contributed by atoms with Crippen molar-refractivity contribution >= 4 is 23.2 Å². The van der Waals surface area contributed by atoms with E-state index in [0.29, 0.717) is 12.1 Å². The van der Waals surface area contributed by atoms with Crippen LogP contribution in [0.15, 0.2) is 24.3 Å². The van der Waals surface area contributed by atoms with Crippen LogP contribution in [-0.4, -0.2) is 18.9 Å². The summed E-state index contributed by atoms with van der Waals surface area (Å²) in [4.78, 5) is 24.7. The lowest BCUT2D eigenvalue weighted by molar-refractivity contribution is -0.122. The van der Waals surface area contributed by atoms with Gasteiger partial charge in [0.1, 0.15) is 0 Å². The molecule has 1 fully saturated rings. The minimum atomic E-state index is -0.198.